The monoisotopic (exact) mass is 435 g/mol. The quantitative estimate of drug-likeness (QED) is 0.525. The Bertz CT molecular complexity index is 946. The average Bonchev–Trinajstić information content (AvgIpc) is 2.78. The second kappa shape index (κ2) is 9.61. The Morgan fingerprint density at radius 3 is 1.97 bits per heavy atom. The number of nitrogens with zero attached hydrogens (tertiary/aromatic N) is 2. The maximum atomic E-state index is 6.25. The van der Waals surface area contributed by atoms with E-state index in [9.17, 15) is 0 Å². The van der Waals surface area contributed by atoms with E-state index in [1.807, 2.05) is 25.1 Å². The van der Waals surface area contributed by atoms with E-state index >= 15 is 0 Å². The van der Waals surface area contributed by atoms with Crippen LogP contribution in [0, 0.1) is 6.92 Å². The van der Waals surface area contributed by atoms with E-state index < -0.39 is 0 Å². The van der Waals surface area contributed by atoms with Crippen LogP contribution in [0.25, 0.3) is 0 Å². The van der Waals surface area contributed by atoms with Crippen LogP contribution in [0.3, 0.4) is 0 Å². The van der Waals surface area contributed by atoms with Gasteiger partial charge < -0.3 is 10.2 Å². The summed E-state index contributed by atoms with van der Waals surface area (Å²) in [6, 6.07) is 27.7. The molecule has 0 bridgehead atoms. The highest BCUT2D eigenvalue weighted by Crippen LogP contribution is 2.29. The lowest BCUT2D eigenvalue weighted by Crippen LogP contribution is -2.50. The molecule has 1 saturated heterocycles. The minimum absolute atomic E-state index is 0.256. The molecule has 4 rings (SSSR count). The molecule has 3 nitrogen and oxygen atoms in total. The van der Waals surface area contributed by atoms with Crippen LogP contribution in [-0.2, 0) is 0 Å². The molecular formula is C25H26ClN3S. The fraction of sp³-hybridized carbons (Fsp3) is 0.240. The number of halogens is 1. The normalized spacial score (nSPS) is 14.7. The van der Waals surface area contributed by atoms with Crippen LogP contribution in [0.4, 0.5) is 5.69 Å². The Morgan fingerprint density at radius 1 is 0.867 bits per heavy atom. The molecule has 1 aliphatic heterocycles. The Morgan fingerprint density at radius 2 is 1.43 bits per heavy atom. The number of hydrogen-bond acceptors (Lipinski definition) is 2. The van der Waals surface area contributed by atoms with E-state index in [1.165, 1.54) is 11.1 Å². The first kappa shape index (κ1) is 20.9. The molecule has 0 unspecified atom stereocenters. The molecule has 1 N–H and O–H groups in total. The summed E-state index contributed by atoms with van der Waals surface area (Å²) < 4.78 is 0. The molecule has 30 heavy (non-hydrogen) atoms. The van der Waals surface area contributed by atoms with Gasteiger partial charge in [-0.15, -0.1) is 0 Å². The van der Waals surface area contributed by atoms with Gasteiger partial charge >= 0.3 is 0 Å². The molecule has 0 spiro atoms. The Labute approximate surface area is 189 Å². The molecule has 0 aromatic heterocycles. The van der Waals surface area contributed by atoms with Crippen LogP contribution >= 0.6 is 23.8 Å². The van der Waals surface area contributed by atoms with Gasteiger partial charge in [0, 0.05) is 36.9 Å². The summed E-state index contributed by atoms with van der Waals surface area (Å²) in [7, 11) is 0. The molecule has 3 aromatic rings. The standard InChI is InChI=1S/C25H26ClN3S/c1-19-12-13-22(18-23(19)26)27-25(30)29-16-14-28(15-17-29)24(20-8-4-2-5-9-20)21-10-6-3-7-11-21/h2-13,18,24H,14-17H2,1H3,(H,27,30). The van der Waals surface area contributed by atoms with Gasteiger partial charge in [0.25, 0.3) is 0 Å². The predicted molar refractivity (Wildman–Crippen MR) is 130 cm³/mol. The molecule has 0 radical (unpaired) electrons. The summed E-state index contributed by atoms with van der Waals surface area (Å²) in [6.45, 7) is 5.68. The molecule has 0 aliphatic carbocycles. The molecule has 5 heteroatoms. The molecule has 1 heterocycles. The number of nitrogens with one attached hydrogen (secondary N) is 1. The van der Waals surface area contributed by atoms with Gasteiger partial charge in [0.2, 0.25) is 0 Å². The highest BCUT2D eigenvalue weighted by molar-refractivity contribution is 7.80. The van der Waals surface area contributed by atoms with Gasteiger partial charge in [-0.25, -0.2) is 0 Å². The van der Waals surface area contributed by atoms with Gasteiger partial charge in [0.05, 0.1) is 6.04 Å². The van der Waals surface area contributed by atoms with Gasteiger partial charge in [-0.05, 0) is 48.0 Å². The molecule has 1 fully saturated rings. The number of thiocarbonyl (C=S) groups is 1. The zero-order valence-corrected chi connectivity index (χ0v) is 18.7. The number of benzene rings is 3. The van der Waals surface area contributed by atoms with Crippen molar-refractivity contribution in [1.29, 1.82) is 0 Å². The van der Waals surface area contributed by atoms with E-state index in [0.29, 0.717) is 0 Å². The zero-order valence-electron chi connectivity index (χ0n) is 17.1. The molecule has 0 atom stereocenters. The SMILES string of the molecule is Cc1ccc(NC(=S)N2CCN(C(c3ccccc3)c3ccccc3)CC2)cc1Cl. The van der Waals surface area contributed by atoms with Crippen molar-refractivity contribution in [2.75, 3.05) is 31.5 Å². The van der Waals surface area contributed by atoms with Crippen molar-refractivity contribution in [3.8, 4) is 0 Å². The number of aryl methyl sites for hydroxylation is 1. The van der Waals surface area contributed by atoms with E-state index in [1.54, 1.807) is 0 Å². The Kier molecular flexibility index (Phi) is 6.68. The van der Waals surface area contributed by atoms with Gasteiger partial charge in [0.1, 0.15) is 0 Å². The average molecular weight is 436 g/mol. The molecule has 3 aromatic carbocycles. The van der Waals surface area contributed by atoms with Crippen LogP contribution in [0.5, 0.6) is 0 Å². The third-order valence-electron chi connectivity index (χ3n) is 5.62. The lowest BCUT2D eigenvalue weighted by Gasteiger charge is -2.40. The van der Waals surface area contributed by atoms with Crippen molar-refractivity contribution in [2.45, 2.75) is 13.0 Å². The maximum Gasteiger partial charge on any atom is 0.173 e. The highest BCUT2D eigenvalue weighted by Gasteiger charge is 2.27. The topological polar surface area (TPSA) is 18.5 Å². The van der Waals surface area contributed by atoms with E-state index in [4.69, 9.17) is 23.8 Å². The maximum absolute atomic E-state index is 6.25. The molecule has 154 valence electrons. The van der Waals surface area contributed by atoms with Crippen LogP contribution < -0.4 is 5.32 Å². The van der Waals surface area contributed by atoms with E-state index in [2.05, 4.69) is 75.8 Å². The zero-order chi connectivity index (χ0) is 20.9. The Balaban J connectivity index is 1.44. The second-order valence-electron chi connectivity index (χ2n) is 7.64. The summed E-state index contributed by atoms with van der Waals surface area (Å²) in [5.41, 5.74) is 4.65. The van der Waals surface area contributed by atoms with Gasteiger partial charge in [-0.1, -0.05) is 78.3 Å². The molecular weight excluding hydrogens is 410 g/mol. The predicted octanol–water partition coefficient (Wildman–Crippen LogP) is 5.75. The first-order valence-corrected chi connectivity index (χ1v) is 11.1. The summed E-state index contributed by atoms with van der Waals surface area (Å²) in [6.07, 6.45) is 0. The summed E-state index contributed by atoms with van der Waals surface area (Å²) in [5.74, 6) is 0. The third-order valence-corrected chi connectivity index (χ3v) is 6.39. The van der Waals surface area contributed by atoms with Crippen molar-refractivity contribution in [2.24, 2.45) is 0 Å². The summed E-state index contributed by atoms with van der Waals surface area (Å²) in [4.78, 5) is 4.79. The Hall–Kier alpha value is -2.40. The number of rotatable bonds is 4. The van der Waals surface area contributed by atoms with E-state index in [0.717, 1.165) is 47.6 Å². The van der Waals surface area contributed by atoms with Crippen molar-refractivity contribution in [3.05, 3.63) is 101 Å². The second-order valence-corrected chi connectivity index (χ2v) is 8.43. The minimum Gasteiger partial charge on any atom is -0.346 e. The fourth-order valence-corrected chi connectivity index (χ4v) is 4.42. The first-order chi connectivity index (χ1) is 14.6. The largest absolute Gasteiger partial charge is 0.346 e. The van der Waals surface area contributed by atoms with E-state index in [-0.39, 0.29) is 6.04 Å². The van der Waals surface area contributed by atoms with Gasteiger partial charge in [-0.3, -0.25) is 4.90 Å². The highest BCUT2D eigenvalue weighted by atomic mass is 35.5. The molecule has 0 saturated carbocycles. The number of piperazine rings is 1. The summed E-state index contributed by atoms with van der Waals surface area (Å²) in [5, 5.41) is 4.85. The molecule has 1 aliphatic rings. The van der Waals surface area contributed by atoms with Gasteiger partial charge in [0.15, 0.2) is 5.11 Å². The minimum atomic E-state index is 0.256. The van der Waals surface area contributed by atoms with Crippen molar-refractivity contribution >= 4 is 34.6 Å². The smallest absolute Gasteiger partial charge is 0.173 e. The van der Waals surface area contributed by atoms with Gasteiger partial charge in [-0.2, -0.15) is 0 Å². The lowest BCUT2D eigenvalue weighted by atomic mass is 9.96. The fourth-order valence-electron chi connectivity index (χ4n) is 3.94. The van der Waals surface area contributed by atoms with Crippen molar-refractivity contribution in [1.82, 2.24) is 9.80 Å². The van der Waals surface area contributed by atoms with Crippen molar-refractivity contribution in [3.63, 3.8) is 0 Å². The van der Waals surface area contributed by atoms with Crippen LogP contribution in [0.2, 0.25) is 5.02 Å². The number of anilines is 1. The first-order valence-electron chi connectivity index (χ1n) is 10.3. The third kappa shape index (κ3) is 4.84. The summed E-state index contributed by atoms with van der Waals surface area (Å²) >= 11 is 11.9. The van der Waals surface area contributed by atoms with Crippen LogP contribution in [0.15, 0.2) is 78.9 Å². The van der Waals surface area contributed by atoms with Crippen LogP contribution in [-0.4, -0.2) is 41.1 Å². The lowest BCUT2D eigenvalue weighted by molar-refractivity contribution is 0.151. The number of hydrogen-bond donors (Lipinski definition) is 1. The van der Waals surface area contributed by atoms with Crippen molar-refractivity contribution < 1.29 is 0 Å². The molecule has 0 amide bonds. The van der Waals surface area contributed by atoms with Crippen LogP contribution in [0.1, 0.15) is 22.7 Å².